The van der Waals surface area contributed by atoms with Crippen molar-refractivity contribution in [2.24, 2.45) is 23.7 Å². The predicted octanol–water partition coefficient (Wildman–Crippen LogP) is 1.32. The molecule has 9 heteroatoms. The van der Waals surface area contributed by atoms with Crippen LogP contribution in [0.5, 0.6) is 5.75 Å². The summed E-state index contributed by atoms with van der Waals surface area (Å²) in [6.07, 6.45) is -0.689. The van der Waals surface area contributed by atoms with Crippen molar-refractivity contribution in [3.63, 3.8) is 0 Å². The lowest BCUT2D eigenvalue weighted by atomic mass is 9.78. The fourth-order valence-corrected chi connectivity index (χ4v) is 4.87. The maximum atomic E-state index is 13.0. The van der Waals surface area contributed by atoms with Gasteiger partial charge in [-0.25, -0.2) is 9.59 Å². The highest BCUT2D eigenvalue weighted by atomic mass is 16.6. The molecular weight excluding hydrogens is 382 g/mol. The summed E-state index contributed by atoms with van der Waals surface area (Å²) in [5.74, 6) is -4.01. The van der Waals surface area contributed by atoms with Gasteiger partial charge in [0.15, 0.2) is 5.58 Å². The van der Waals surface area contributed by atoms with Crippen molar-refractivity contribution < 1.29 is 33.0 Å². The zero-order valence-corrected chi connectivity index (χ0v) is 15.4. The van der Waals surface area contributed by atoms with E-state index >= 15 is 0 Å². The van der Waals surface area contributed by atoms with Crippen LogP contribution in [0.1, 0.15) is 13.3 Å². The van der Waals surface area contributed by atoms with Crippen molar-refractivity contribution in [3.05, 3.63) is 40.9 Å². The smallest absolute Gasteiger partial charge is 0.417 e. The highest BCUT2D eigenvalue weighted by molar-refractivity contribution is 5.89. The normalized spacial score (nSPS) is 31.7. The Labute approximate surface area is 163 Å². The van der Waals surface area contributed by atoms with Crippen LogP contribution in [-0.2, 0) is 23.9 Å². The maximum absolute atomic E-state index is 13.0. The van der Waals surface area contributed by atoms with E-state index in [-0.39, 0.29) is 28.7 Å². The van der Waals surface area contributed by atoms with E-state index in [9.17, 15) is 19.2 Å². The topological polar surface area (TPSA) is 125 Å². The quantitative estimate of drug-likeness (QED) is 0.464. The van der Waals surface area contributed by atoms with Crippen molar-refractivity contribution >= 4 is 29.0 Å². The average Bonchev–Trinajstić information content (AvgIpc) is 3.36. The molecule has 6 atom stereocenters. The molecule has 3 aliphatic rings. The number of H-pyrrole nitrogens is 1. The first-order valence-electron chi connectivity index (χ1n) is 9.25. The van der Waals surface area contributed by atoms with Crippen LogP contribution in [0.15, 0.2) is 39.6 Å². The van der Waals surface area contributed by atoms with Crippen molar-refractivity contribution in [2.75, 3.05) is 0 Å². The average molecular weight is 399 g/mol. The van der Waals surface area contributed by atoms with Gasteiger partial charge in [-0.15, -0.1) is 0 Å². The lowest BCUT2D eigenvalue weighted by Crippen LogP contribution is -2.44. The van der Waals surface area contributed by atoms with Crippen LogP contribution in [0.2, 0.25) is 0 Å². The van der Waals surface area contributed by atoms with E-state index in [1.165, 1.54) is 19.1 Å². The Bertz CT molecular complexity index is 1130. The van der Waals surface area contributed by atoms with Gasteiger partial charge in [0.2, 0.25) is 0 Å². The van der Waals surface area contributed by atoms with Gasteiger partial charge in [-0.3, -0.25) is 14.6 Å². The molecule has 1 aromatic carbocycles. The van der Waals surface area contributed by atoms with Gasteiger partial charge in [0, 0.05) is 23.5 Å². The molecular formula is C20H17NO8. The third kappa shape index (κ3) is 2.60. The molecule has 2 aromatic rings. The minimum Gasteiger partial charge on any atom is -0.458 e. The Morgan fingerprint density at radius 1 is 1.24 bits per heavy atom. The number of esters is 3. The van der Waals surface area contributed by atoms with Crippen molar-refractivity contribution in [1.82, 2.24) is 4.98 Å². The third-order valence-corrected chi connectivity index (χ3v) is 6.02. The second-order valence-electron chi connectivity index (χ2n) is 7.76. The van der Waals surface area contributed by atoms with E-state index < -0.39 is 47.7 Å². The molecule has 1 saturated heterocycles. The van der Waals surface area contributed by atoms with Gasteiger partial charge in [-0.05, 0) is 25.5 Å². The zero-order chi connectivity index (χ0) is 20.4. The van der Waals surface area contributed by atoms with Crippen LogP contribution in [-0.4, -0.2) is 35.1 Å². The fraction of sp³-hybridized carbons (Fsp3) is 0.400. The summed E-state index contributed by atoms with van der Waals surface area (Å²) in [4.78, 5) is 51.1. The van der Waals surface area contributed by atoms with E-state index in [0.717, 1.165) is 0 Å². The first-order chi connectivity index (χ1) is 13.8. The SMILES string of the molecule is C=C(C)C(=O)OC1C2CC3C1OC(=O)C3C2C(=O)Oc1ccc2[nH]c(=O)oc2c1. The highest BCUT2D eigenvalue weighted by Gasteiger charge is 2.70. The molecule has 0 radical (unpaired) electrons. The molecule has 3 fully saturated rings. The number of oxazole rings is 1. The summed E-state index contributed by atoms with van der Waals surface area (Å²) in [6.45, 7) is 5.09. The fourth-order valence-electron chi connectivity index (χ4n) is 4.87. The van der Waals surface area contributed by atoms with Crippen LogP contribution < -0.4 is 10.5 Å². The molecule has 6 unspecified atom stereocenters. The number of nitrogens with one attached hydrogen (secondary N) is 1. The van der Waals surface area contributed by atoms with Crippen LogP contribution in [0.4, 0.5) is 0 Å². The largest absolute Gasteiger partial charge is 0.458 e. The van der Waals surface area contributed by atoms with Crippen molar-refractivity contribution in [3.8, 4) is 5.75 Å². The van der Waals surface area contributed by atoms with Gasteiger partial charge in [-0.1, -0.05) is 6.58 Å². The molecule has 1 aliphatic heterocycles. The highest BCUT2D eigenvalue weighted by Crippen LogP contribution is 2.59. The van der Waals surface area contributed by atoms with E-state index in [2.05, 4.69) is 11.6 Å². The number of rotatable bonds is 4. The van der Waals surface area contributed by atoms with E-state index in [1.54, 1.807) is 6.07 Å². The van der Waals surface area contributed by atoms with Gasteiger partial charge in [0.05, 0.1) is 17.4 Å². The molecule has 0 spiro atoms. The van der Waals surface area contributed by atoms with Crippen LogP contribution >= 0.6 is 0 Å². The summed E-state index contributed by atoms with van der Waals surface area (Å²) < 4.78 is 21.4. The summed E-state index contributed by atoms with van der Waals surface area (Å²) >= 11 is 0. The van der Waals surface area contributed by atoms with E-state index in [4.69, 9.17) is 18.6 Å². The Kier molecular flexibility index (Phi) is 3.71. The third-order valence-electron chi connectivity index (χ3n) is 6.02. The Morgan fingerprint density at radius 2 is 2.03 bits per heavy atom. The van der Waals surface area contributed by atoms with Crippen LogP contribution in [0.25, 0.3) is 11.1 Å². The molecule has 2 bridgehead atoms. The van der Waals surface area contributed by atoms with Gasteiger partial charge in [0.25, 0.3) is 0 Å². The number of hydrogen-bond acceptors (Lipinski definition) is 8. The Hall–Kier alpha value is -3.36. The summed E-state index contributed by atoms with van der Waals surface area (Å²) in [5, 5.41) is 0. The molecule has 1 N–H and O–H groups in total. The van der Waals surface area contributed by atoms with Crippen molar-refractivity contribution in [2.45, 2.75) is 25.6 Å². The summed E-state index contributed by atoms with van der Waals surface area (Å²) in [5.41, 5.74) is 0.958. The molecule has 9 nitrogen and oxygen atoms in total. The minimum absolute atomic E-state index is 0.182. The number of aromatic nitrogens is 1. The van der Waals surface area contributed by atoms with E-state index in [0.29, 0.717) is 11.9 Å². The predicted molar refractivity (Wildman–Crippen MR) is 95.6 cm³/mol. The Morgan fingerprint density at radius 3 is 2.79 bits per heavy atom. The lowest BCUT2D eigenvalue weighted by molar-refractivity contribution is -0.160. The number of hydrogen-bond donors (Lipinski definition) is 1. The molecule has 0 amide bonds. The molecule has 2 heterocycles. The first-order valence-corrected chi connectivity index (χ1v) is 9.25. The molecule has 29 heavy (non-hydrogen) atoms. The van der Waals surface area contributed by atoms with Crippen LogP contribution in [0, 0.1) is 23.7 Å². The number of aromatic amines is 1. The molecule has 2 saturated carbocycles. The number of carbonyl (C=O) groups excluding carboxylic acids is 3. The zero-order valence-electron chi connectivity index (χ0n) is 15.4. The molecule has 1 aromatic heterocycles. The molecule has 2 aliphatic carbocycles. The maximum Gasteiger partial charge on any atom is 0.417 e. The molecule has 150 valence electrons. The number of carbonyl (C=O) groups is 3. The van der Waals surface area contributed by atoms with Gasteiger partial charge < -0.3 is 18.6 Å². The first kappa shape index (κ1) is 17.7. The van der Waals surface area contributed by atoms with Crippen LogP contribution in [0.3, 0.4) is 0 Å². The second-order valence-corrected chi connectivity index (χ2v) is 7.76. The summed E-state index contributed by atoms with van der Waals surface area (Å²) in [6, 6.07) is 4.50. The standard InChI is InChI=1S/C20H17NO8/c1-7(2)17(22)28-15-9-6-10-14(19(24)29-16(10)15)13(9)18(23)26-8-3-4-11-12(5-8)27-20(25)21-11/h3-5,9-10,13-16H,1,6H2,2H3,(H,21,25). The van der Waals surface area contributed by atoms with E-state index in [1.807, 2.05) is 0 Å². The minimum atomic E-state index is -0.775. The Balaban J connectivity index is 1.41. The monoisotopic (exact) mass is 399 g/mol. The summed E-state index contributed by atoms with van der Waals surface area (Å²) in [7, 11) is 0. The second kappa shape index (κ2) is 6.07. The molecule has 5 rings (SSSR count). The van der Waals surface area contributed by atoms with Gasteiger partial charge in [0.1, 0.15) is 18.0 Å². The number of benzene rings is 1. The van der Waals surface area contributed by atoms with Gasteiger partial charge in [-0.2, -0.15) is 0 Å². The number of ether oxygens (including phenoxy) is 3. The lowest BCUT2D eigenvalue weighted by Gasteiger charge is -2.30. The number of fused-ring (bicyclic) bond motifs is 2. The van der Waals surface area contributed by atoms with Crippen molar-refractivity contribution in [1.29, 1.82) is 0 Å². The van der Waals surface area contributed by atoms with Gasteiger partial charge >= 0.3 is 23.7 Å².